The zero-order valence-electron chi connectivity index (χ0n) is 12.2. The van der Waals surface area contributed by atoms with Crippen LogP contribution < -0.4 is 0 Å². The molecule has 0 amide bonds. The second kappa shape index (κ2) is 5.08. The van der Waals surface area contributed by atoms with Crippen molar-refractivity contribution < 1.29 is 4.79 Å². The molecule has 0 N–H and O–H groups in total. The van der Waals surface area contributed by atoms with Gasteiger partial charge in [-0.1, -0.05) is 65.8 Å². The van der Waals surface area contributed by atoms with Crippen LogP contribution in [0.5, 0.6) is 0 Å². The first-order valence-electron chi connectivity index (χ1n) is 6.37. The van der Waals surface area contributed by atoms with E-state index in [2.05, 4.69) is 33.4 Å². The molecule has 1 aromatic carbocycles. The van der Waals surface area contributed by atoms with Crippen molar-refractivity contribution >= 4 is 18.4 Å². The van der Waals surface area contributed by atoms with Gasteiger partial charge in [0, 0.05) is 5.56 Å². The Balaban J connectivity index is 3.23. The number of thiol groups is 1. The maximum Gasteiger partial charge on any atom is 0.176 e. The summed E-state index contributed by atoms with van der Waals surface area (Å²) in [6.45, 7) is 12.5. The van der Waals surface area contributed by atoms with Gasteiger partial charge in [-0.25, -0.2) is 0 Å². The summed E-state index contributed by atoms with van der Waals surface area (Å²) in [5.41, 5.74) is 1.74. The van der Waals surface area contributed by atoms with Gasteiger partial charge in [-0.2, -0.15) is 12.6 Å². The second-order valence-corrected chi connectivity index (χ2v) is 7.44. The van der Waals surface area contributed by atoms with E-state index < -0.39 is 0 Å². The normalized spacial score (nSPS) is 14.4. The lowest BCUT2D eigenvalue weighted by atomic mass is 9.79. The number of ketones is 1. The van der Waals surface area contributed by atoms with Gasteiger partial charge in [-0.3, -0.25) is 4.79 Å². The molecule has 0 spiro atoms. The van der Waals surface area contributed by atoms with Gasteiger partial charge in [-0.05, 0) is 16.4 Å². The lowest BCUT2D eigenvalue weighted by Crippen LogP contribution is -2.31. The Labute approximate surface area is 116 Å². The third kappa shape index (κ3) is 3.38. The maximum absolute atomic E-state index is 12.6. The number of carbonyl (C=O) groups excluding carboxylic acids is 1. The van der Waals surface area contributed by atoms with Crippen LogP contribution in [0.3, 0.4) is 0 Å². The second-order valence-electron chi connectivity index (χ2n) is 6.93. The predicted molar refractivity (Wildman–Crippen MR) is 81.7 cm³/mol. The average Bonchev–Trinajstić information content (AvgIpc) is 2.24. The minimum Gasteiger partial charge on any atom is -0.293 e. The Morgan fingerprint density at radius 2 is 1.56 bits per heavy atom. The smallest absolute Gasteiger partial charge is 0.176 e. The molecule has 0 fully saturated rings. The van der Waals surface area contributed by atoms with Crippen molar-refractivity contribution in [3.05, 3.63) is 35.4 Å². The minimum atomic E-state index is -0.277. The summed E-state index contributed by atoms with van der Waals surface area (Å²) < 4.78 is 0. The van der Waals surface area contributed by atoms with Crippen molar-refractivity contribution in [3.8, 4) is 0 Å². The lowest BCUT2D eigenvalue weighted by Gasteiger charge is -2.28. The van der Waals surface area contributed by atoms with E-state index in [1.807, 2.05) is 45.0 Å². The molecular weight excluding hydrogens is 240 g/mol. The Kier molecular flexibility index (Phi) is 4.32. The predicted octanol–water partition coefficient (Wildman–Crippen LogP) is 4.51. The van der Waals surface area contributed by atoms with Gasteiger partial charge in [0.2, 0.25) is 0 Å². The zero-order valence-corrected chi connectivity index (χ0v) is 13.1. The number of benzene rings is 1. The molecule has 0 aliphatic carbocycles. The van der Waals surface area contributed by atoms with Gasteiger partial charge in [-0.15, -0.1) is 0 Å². The fourth-order valence-electron chi connectivity index (χ4n) is 1.89. The van der Waals surface area contributed by atoms with E-state index >= 15 is 0 Å². The lowest BCUT2D eigenvalue weighted by molar-refractivity contribution is 0.0949. The molecule has 0 aliphatic rings. The van der Waals surface area contributed by atoms with Crippen molar-refractivity contribution in [2.45, 2.75) is 52.2 Å². The van der Waals surface area contributed by atoms with Crippen LogP contribution in [-0.2, 0) is 5.41 Å². The first kappa shape index (κ1) is 15.3. The molecule has 0 bridgehead atoms. The van der Waals surface area contributed by atoms with Crippen LogP contribution in [0.25, 0.3) is 0 Å². The summed E-state index contributed by atoms with van der Waals surface area (Å²) in [5, 5.41) is -0.277. The molecule has 18 heavy (non-hydrogen) atoms. The van der Waals surface area contributed by atoms with E-state index in [9.17, 15) is 4.79 Å². The zero-order chi connectivity index (χ0) is 14.1. The number of hydrogen-bond acceptors (Lipinski definition) is 2. The Bertz CT molecular complexity index is 435. The van der Waals surface area contributed by atoms with E-state index in [0.29, 0.717) is 0 Å². The molecule has 1 rings (SSSR count). The molecular formula is C16H24OS. The molecule has 0 saturated heterocycles. The fourth-order valence-corrected chi connectivity index (χ4v) is 2.03. The van der Waals surface area contributed by atoms with Crippen LogP contribution in [0.1, 0.15) is 57.5 Å². The van der Waals surface area contributed by atoms with Gasteiger partial charge in [0.15, 0.2) is 5.78 Å². The van der Waals surface area contributed by atoms with Gasteiger partial charge in [0.25, 0.3) is 0 Å². The van der Waals surface area contributed by atoms with Crippen LogP contribution in [-0.4, -0.2) is 11.0 Å². The summed E-state index contributed by atoms with van der Waals surface area (Å²) in [6, 6.07) is 7.86. The van der Waals surface area contributed by atoms with Gasteiger partial charge < -0.3 is 0 Å². The SMILES string of the molecule is CC(C)(C)c1ccccc1C(=O)C(S)C(C)(C)C. The van der Waals surface area contributed by atoms with E-state index in [4.69, 9.17) is 0 Å². The summed E-state index contributed by atoms with van der Waals surface area (Å²) in [7, 11) is 0. The highest BCUT2D eigenvalue weighted by Gasteiger charge is 2.31. The number of Topliss-reactive ketones (excluding diaryl/α,β-unsaturated/α-hetero) is 1. The topological polar surface area (TPSA) is 17.1 Å². The molecule has 100 valence electrons. The van der Waals surface area contributed by atoms with Crippen molar-refractivity contribution in [3.63, 3.8) is 0 Å². The van der Waals surface area contributed by atoms with Crippen molar-refractivity contribution in [2.24, 2.45) is 5.41 Å². The van der Waals surface area contributed by atoms with Crippen molar-refractivity contribution in [1.29, 1.82) is 0 Å². The highest BCUT2D eigenvalue weighted by molar-refractivity contribution is 7.81. The molecule has 2 heteroatoms. The quantitative estimate of drug-likeness (QED) is 0.614. The average molecular weight is 264 g/mol. The maximum atomic E-state index is 12.6. The van der Waals surface area contributed by atoms with Crippen molar-refractivity contribution in [2.75, 3.05) is 0 Å². The molecule has 0 heterocycles. The standard InChI is InChI=1S/C16H24OS/c1-15(2,3)12-10-8-7-9-11(12)13(17)14(18)16(4,5)6/h7-10,14,18H,1-6H3. The summed E-state index contributed by atoms with van der Waals surface area (Å²) in [5.74, 6) is 0.122. The summed E-state index contributed by atoms with van der Waals surface area (Å²) in [4.78, 5) is 12.6. The Morgan fingerprint density at radius 1 is 1.06 bits per heavy atom. The molecule has 1 unspecified atom stereocenters. The number of rotatable bonds is 2. The summed E-state index contributed by atoms with van der Waals surface area (Å²) in [6.07, 6.45) is 0. The molecule has 1 atom stereocenters. The fraction of sp³-hybridized carbons (Fsp3) is 0.562. The molecule has 0 aromatic heterocycles. The Hall–Kier alpha value is -0.760. The van der Waals surface area contributed by atoms with Crippen molar-refractivity contribution in [1.82, 2.24) is 0 Å². The van der Waals surface area contributed by atoms with Gasteiger partial charge in [0.05, 0.1) is 5.25 Å². The highest BCUT2D eigenvalue weighted by Crippen LogP contribution is 2.31. The van der Waals surface area contributed by atoms with Crippen LogP contribution >= 0.6 is 12.6 Å². The minimum absolute atomic E-state index is 0.0301. The number of hydrogen-bond donors (Lipinski definition) is 1. The van der Waals surface area contributed by atoms with E-state index in [1.165, 1.54) is 0 Å². The Morgan fingerprint density at radius 3 is 2.00 bits per heavy atom. The molecule has 0 aliphatic heterocycles. The molecule has 1 nitrogen and oxygen atoms in total. The van der Waals surface area contributed by atoms with Gasteiger partial charge >= 0.3 is 0 Å². The van der Waals surface area contributed by atoms with E-state index in [-0.39, 0.29) is 21.9 Å². The van der Waals surface area contributed by atoms with Crippen LogP contribution in [0.4, 0.5) is 0 Å². The molecule has 1 aromatic rings. The molecule has 0 saturated carbocycles. The first-order chi connectivity index (χ1) is 8.05. The van der Waals surface area contributed by atoms with E-state index in [1.54, 1.807) is 0 Å². The van der Waals surface area contributed by atoms with Gasteiger partial charge in [0.1, 0.15) is 0 Å². The highest BCUT2D eigenvalue weighted by atomic mass is 32.1. The largest absolute Gasteiger partial charge is 0.293 e. The monoisotopic (exact) mass is 264 g/mol. The first-order valence-corrected chi connectivity index (χ1v) is 6.88. The number of carbonyl (C=O) groups is 1. The summed E-state index contributed by atoms with van der Waals surface area (Å²) >= 11 is 4.51. The molecule has 0 radical (unpaired) electrons. The van der Waals surface area contributed by atoms with Crippen LogP contribution in [0.15, 0.2) is 24.3 Å². The van der Waals surface area contributed by atoms with Crippen LogP contribution in [0.2, 0.25) is 0 Å². The third-order valence-corrected chi connectivity index (χ3v) is 4.08. The van der Waals surface area contributed by atoms with Crippen LogP contribution in [0, 0.1) is 5.41 Å². The van der Waals surface area contributed by atoms with E-state index in [0.717, 1.165) is 11.1 Å². The third-order valence-electron chi connectivity index (χ3n) is 3.07.